The minimum Gasteiger partial charge on any atom is -0.394 e. The Balaban J connectivity index is 1.83. The van der Waals surface area contributed by atoms with E-state index < -0.39 is 6.04 Å². The van der Waals surface area contributed by atoms with Crippen molar-refractivity contribution in [2.75, 3.05) is 6.61 Å². The third-order valence-electron chi connectivity index (χ3n) is 3.26. The first-order valence-corrected chi connectivity index (χ1v) is 6.69. The molecule has 0 radical (unpaired) electrons. The number of amides is 1. The van der Waals surface area contributed by atoms with Gasteiger partial charge in [0.15, 0.2) is 0 Å². The maximum absolute atomic E-state index is 12.1. The standard InChI is InChI=1S/C16H15N3O2/c20-10-14(19-16(21)11-6-2-1-3-7-11)15-17-12-8-4-5-9-13(12)18-15/h1-9,14,20H,10H2,(H,17,18)(H,19,21)/t14-/m0/s1. The van der Waals surface area contributed by atoms with E-state index in [2.05, 4.69) is 15.3 Å². The second-order valence-electron chi connectivity index (χ2n) is 4.71. The molecule has 3 rings (SSSR count). The van der Waals surface area contributed by atoms with E-state index in [1.807, 2.05) is 30.3 Å². The van der Waals surface area contributed by atoms with Gasteiger partial charge in [-0.3, -0.25) is 4.79 Å². The second kappa shape index (κ2) is 5.76. The van der Waals surface area contributed by atoms with Crippen LogP contribution in [0.5, 0.6) is 0 Å². The Labute approximate surface area is 121 Å². The number of imidazole rings is 1. The van der Waals surface area contributed by atoms with Crippen molar-refractivity contribution < 1.29 is 9.90 Å². The summed E-state index contributed by atoms with van der Waals surface area (Å²) < 4.78 is 0. The monoisotopic (exact) mass is 281 g/mol. The molecule has 21 heavy (non-hydrogen) atoms. The molecule has 106 valence electrons. The normalized spacial score (nSPS) is 12.2. The first kappa shape index (κ1) is 13.3. The van der Waals surface area contributed by atoms with Crippen LogP contribution >= 0.6 is 0 Å². The van der Waals surface area contributed by atoms with E-state index in [9.17, 15) is 9.90 Å². The lowest BCUT2D eigenvalue weighted by Gasteiger charge is -2.13. The van der Waals surface area contributed by atoms with Gasteiger partial charge >= 0.3 is 0 Å². The fraction of sp³-hybridized carbons (Fsp3) is 0.125. The van der Waals surface area contributed by atoms with E-state index >= 15 is 0 Å². The number of aliphatic hydroxyl groups excluding tert-OH is 1. The molecule has 5 heteroatoms. The minimum atomic E-state index is -0.565. The summed E-state index contributed by atoms with van der Waals surface area (Å²) in [6, 6.07) is 15.9. The summed E-state index contributed by atoms with van der Waals surface area (Å²) in [7, 11) is 0. The number of fused-ring (bicyclic) bond motifs is 1. The number of para-hydroxylation sites is 2. The third kappa shape index (κ3) is 2.78. The number of nitrogens with zero attached hydrogens (tertiary/aromatic N) is 1. The van der Waals surface area contributed by atoms with Crippen molar-refractivity contribution in [2.45, 2.75) is 6.04 Å². The number of H-pyrrole nitrogens is 1. The zero-order valence-corrected chi connectivity index (χ0v) is 11.3. The van der Waals surface area contributed by atoms with Gasteiger partial charge in [0.05, 0.1) is 17.6 Å². The molecule has 1 atom stereocenters. The van der Waals surface area contributed by atoms with Gasteiger partial charge < -0.3 is 15.4 Å². The van der Waals surface area contributed by atoms with E-state index in [4.69, 9.17) is 0 Å². The maximum atomic E-state index is 12.1. The number of hydrogen-bond donors (Lipinski definition) is 3. The Morgan fingerprint density at radius 3 is 2.57 bits per heavy atom. The summed E-state index contributed by atoms with van der Waals surface area (Å²) in [6.07, 6.45) is 0. The molecule has 0 fully saturated rings. The first-order chi connectivity index (χ1) is 10.3. The van der Waals surface area contributed by atoms with Gasteiger partial charge in [-0.1, -0.05) is 30.3 Å². The highest BCUT2D eigenvalue weighted by Gasteiger charge is 2.18. The van der Waals surface area contributed by atoms with E-state index in [-0.39, 0.29) is 12.5 Å². The molecule has 0 saturated carbocycles. The van der Waals surface area contributed by atoms with Crippen LogP contribution < -0.4 is 5.32 Å². The summed E-state index contributed by atoms with van der Waals surface area (Å²) in [6.45, 7) is -0.224. The van der Waals surface area contributed by atoms with E-state index in [1.165, 1.54) is 0 Å². The van der Waals surface area contributed by atoms with Crippen molar-refractivity contribution in [1.29, 1.82) is 0 Å². The Bertz CT molecular complexity index is 719. The Morgan fingerprint density at radius 1 is 1.14 bits per heavy atom. The number of rotatable bonds is 4. The lowest BCUT2D eigenvalue weighted by atomic mass is 10.2. The lowest BCUT2D eigenvalue weighted by molar-refractivity contribution is 0.0913. The third-order valence-corrected chi connectivity index (χ3v) is 3.26. The van der Waals surface area contributed by atoms with Gasteiger partial charge in [0.1, 0.15) is 11.9 Å². The summed E-state index contributed by atoms with van der Waals surface area (Å²) in [5.41, 5.74) is 2.23. The quantitative estimate of drug-likeness (QED) is 0.684. The van der Waals surface area contributed by atoms with Gasteiger partial charge in [0, 0.05) is 5.56 Å². The zero-order chi connectivity index (χ0) is 14.7. The molecule has 2 aromatic carbocycles. The van der Waals surface area contributed by atoms with Crippen LogP contribution in [-0.4, -0.2) is 27.6 Å². The molecule has 0 aliphatic rings. The molecule has 0 spiro atoms. The van der Waals surface area contributed by atoms with Crippen molar-refractivity contribution >= 4 is 16.9 Å². The highest BCUT2D eigenvalue weighted by atomic mass is 16.3. The zero-order valence-electron chi connectivity index (χ0n) is 11.3. The number of benzene rings is 2. The van der Waals surface area contributed by atoms with Crippen LogP contribution in [-0.2, 0) is 0 Å². The lowest BCUT2D eigenvalue weighted by Crippen LogP contribution is -2.31. The predicted octanol–water partition coefficient (Wildman–Crippen LogP) is 2.03. The molecule has 1 amide bonds. The highest BCUT2D eigenvalue weighted by molar-refractivity contribution is 5.94. The molecule has 0 unspecified atom stereocenters. The molecule has 1 heterocycles. The average Bonchev–Trinajstić information content (AvgIpc) is 2.97. The number of carbonyl (C=O) groups is 1. The minimum absolute atomic E-state index is 0.224. The summed E-state index contributed by atoms with van der Waals surface area (Å²) in [5, 5.41) is 12.3. The molecule has 0 aliphatic carbocycles. The van der Waals surface area contributed by atoms with Gasteiger partial charge in [0.25, 0.3) is 5.91 Å². The maximum Gasteiger partial charge on any atom is 0.251 e. The van der Waals surface area contributed by atoms with E-state index in [1.54, 1.807) is 24.3 Å². The van der Waals surface area contributed by atoms with Gasteiger partial charge in [-0.05, 0) is 24.3 Å². The van der Waals surface area contributed by atoms with Crippen molar-refractivity contribution in [1.82, 2.24) is 15.3 Å². The van der Waals surface area contributed by atoms with Crippen molar-refractivity contribution in [3.05, 3.63) is 66.0 Å². The Hall–Kier alpha value is -2.66. The number of hydrogen-bond acceptors (Lipinski definition) is 3. The van der Waals surface area contributed by atoms with Crippen LogP contribution in [0.1, 0.15) is 22.2 Å². The molecular weight excluding hydrogens is 266 g/mol. The fourth-order valence-electron chi connectivity index (χ4n) is 2.17. The summed E-state index contributed by atoms with van der Waals surface area (Å²) >= 11 is 0. The number of nitrogens with one attached hydrogen (secondary N) is 2. The SMILES string of the molecule is O=C(N[C@@H](CO)c1nc2ccccc2[nH]1)c1ccccc1. The molecule has 5 nitrogen and oxygen atoms in total. The smallest absolute Gasteiger partial charge is 0.251 e. The van der Waals surface area contributed by atoms with Gasteiger partial charge in [-0.25, -0.2) is 4.98 Å². The van der Waals surface area contributed by atoms with E-state index in [0.29, 0.717) is 11.4 Å². The molecular formula is C16H15N3O2. The summed E-state index contributed by atoms with van der Waals surface area (Å²) in [4.78, 5) is 19.7. The summed E-state index contributed by atoms with van der Waals surface area (Å²) in [5.74, 6) is 0.304. The number of aromatic amines is 1. The van der Waals surface area contributed by atoms with Gasteiger partial charge in [-0.2, -0.15) is 0 Å². The van der Waals surface area contributed by atoms with Crippen LogP contribution in [0.3, 0.4) is 0 Å². The topological polar surface area (TPSA) is 78.0 Å². The van der Waals surface area contributed by atoms with Crippen LogP contribution in [0.25, 0.3) is 11.0 Å². The molecule has 3 N–H and O–H groups in total. The van der Waals surface area contributed by atoms with Crippen molar-refractivity contribution in [2.24, 2.45) is 0 Å². The van der Waals surface area contributed by atoms with Crippen LogP contribution in [0.4, 0.5) is 0 Å². The van der Waals surface area contributed by atoms with Crippen molar-refractivity contribution in [3.63, 3.8) is 0 Å². The number of aliphatic hydroxyl groups is 1. The first-order valence-electron chi connectivity index (χ1n) is 6.69. The molecule has 0 saturated heterocycles. The fourth-order valence-corrected chi connectivity index (χ4v) is 2.17. The number of carbonyl (C=O) groups excluding carboxylic acids is 1. The predicted molar refractivity (Wildman–Crippen MR) is 79.8 cm³/mol. The number of aromatic nitrogens is 2. The molecule has 0 bridgehead atoms. The van der Waals surface area contributed by atoms with Gasteiger partial charge in [-0.15, -0.1) is 0 Å². The Kier molecular flexibility index (Phi) is 3.66. The molecule has 1 aromatic heterocycles. The Morgan fingerprint density at radius 2 is 1.86 bits per heavy atom. The van der Waals surface area contributed by atoms with Crippen LogP contribution in [0.2, 0.25) is 0 Å². The van der Waals surface area contributed by atoms with E-state index in [0.717, 1.165) is 11.0 Å². The largest absolute Gasteiger partial charge is 0.394 e. The average molecular weight is 281 g/mol. The molecule has 3 aromatic rings. The van der Waals surface area contributed by atoms with Gasteiger partial charge in [0.2, 0.25) is 0 Å². The second-order valence-corrected chi connectivity index (χ2v) is 4.71. The highest BCUT2D eigenvalue weighted by Crippen LogP contribution is 2.16. The van der Waals surface area contributed by atoms with Crippen molar-refractivity contribution in [3.8, 4) is 0 Å². The van der Waals surface area contributed by atoms with Crippen LogP contribution in [0.15, 0.2) is 54.6 Å². The molecule has 0 aliphatic heterocycles. The van der Waals surface area contributed by atoms with Crippen LogP contribution in [0, 0.1) is 0 Å².